The summed E-state index contributed by atoms with van der Waals surface area (Å²) >= 11 is 0. The van der Waals surface area contributed by atoms with Gasteiger partial charge in [0.05, 0.1) is 0 Å². The molecule has 0 N–H and O–H groups in total. The molecule has 0 aromatic heterocycles. The first-order valence-electron chi connectivity index (χ1n) is 6.49. The molecule has 96 valence electrons. The maximum Gasteiger partial charge on any atom is 0.163 e. The molecule has 2 aromatic rings. The van der Waals surface area contributed by atoms with Gasteiger partial charge in [-0.2, -0.15) is 0 Å². The molecule has 0 saturated carbocycles. The van der Waals surface area contributed by atoms with Crippen LogP contribution in [-0.4, -0.2) is 5.78 Å². The van der Waals surface area contributed by atoms with E-state index in [1.165, 1.54) is 0 Å². The molecule has 2 aromatic carbocycles. The molecule has 0 radical (unpaired) electrons. The summed E-state index contributed by atoms with van der Waals surface area (Å²) in [6.07, 6.45) is 1.35. The molecular weight excluding hydrogens is 239 g/mol. The van der Waals surface area contributed by atoms with Gasteiger partial charge < -0.3 is 0 Å². The van der Waals surface area contributed by atoms with Crippen LogP contribution in [0.1, 0.15) is 33.5 Å². The number of Topliss-reactive ketones (excluding diaryl/α,β-unsaturated/α-hetero) is 1. The van der Waals surface area contributed by atoms with Crippen LogP contribution >= 0.6 is 0 Å². The topological polar surface area (TPSA) is 17.1 Å². The summed E-state index contributed by atoms with van der Waals surface area (Å²) in [6.45, 7) is 3.81. The Balaban J connectivity index is 2.16. The zero-order valence-corrected chi connectivity index (χ0v) is 11.1. The molecule has 3 rings (SSSR count). The van der Waals surface area contributed by atoms with Gasteiger partial charge in [-0.1, -0.05) is 24.3 Å². The molecule has 0 spiro atoms. The summed E-state index contributed by atoms with van der Waals surface area (Å²) in [5.41, 5.74) is 5.21. The average molecular weight is 254 g/mol. The molecule has 0 fully saturated rings. The Bertz CT molecular complexity index is 663. The van der Waals surface area contributed by atoms with Gasteiger partial charge in [0.25, 0.3) is 0 Å². The van der Waals surface area contributed by atoms with Crippen LogP contribution in [0.4, 0.5) is 4.39 Å². The van der Waals surface area contributed by atoms with E-state index in [0.29, 0.717) is 12.0 Å². The van der Waals surface area contributed by atoms with Gasteiger partial charge in [-0.15, -0.1) is 0 Å². The first-order valence-corrected chi connectivity index (χ1v) is 6.49. The van der Waals surface area contributed by atoms with Gasteiger partial charge in [0, 0.05) is 17.5 Å². The number of rotatable bonds is 1. The molecule has 19 heavy (non-hydrogen) atoms. The van der Waals surface area contributed by atoms with Gasteiger partial charge in [0.15, 0.2) is 5.78 Å². The lowest BCUT2D eigenvalue weighted by Gasteiger charge is -2.10. The quantitative estimate of drug-likeness (QED) is 0.744. The van der Waals surface area contributed by atoms with Gasteiger partial charge in [0.2, 0.25) is 0 Å². The number of halogens is 1. The number of benzene rings is 2. The summed E-state index contributed by atoms with van der Waals surface area (Å²) in [5, 5.41) is 0. The van der Waals surface area contributed by atoms with Crippen molar-refractivity contribution in [3.63, 3.8) is 0 Å². The van der Waals surface area contributed by atoms with Crippen molar-refractivity contribution in [3.05, 3.63) is 58.4 Å². The lowest BCUT2D eigenvalue weighted by atomic mass is 9.95. The Morgan fingerprint density at radius 3 is 2.58 bits per heavy atom. The van der Waals surface area contributed by atoms with E-state index in [-0.39, 0.29) is 11.6 Å². The molecule has 2 heteroatoms. The van der Waals surface area contributed by atoms with Crippen molar-refractivity contribution in [2.24, 2.45) is 0 Å². The Kier molecular flexibility index (Phi) is 2.74. The fourth-order valence-electron chi connectivity index (χ4n) is 2.89. The first kappa shape index (κ1) is 12.1. The third-order valence-corrected chi connectivity index (χ3v) is 3.75. The molecule has 0 amide bonds. The fourth-order valence-corrected chi connectivity index (χ4v) is 2.89. The number of carbonyl (C=O) groups is 1. The van der Waals surface area contributed by atoms with E-state index >= 15 is 0 Å². The second-order valence-electron chi connectivity index (χ2n) is 5.23. The van der Waals surface area contributed by atoms with Crippen molar-refractivity contribution >= 4 is 5.78 Å². The van der Waals surface area contributed by atoms with Crippen LogP contribution < -0.4 is 0 Å². The summed E-state index contributed by atoms with van der Waals surface area (Å²) in [6, 6.07) is 9.18. The van der Waals surface area contributed by atoms with Crippen molar-refractivity contribution in [2.75, 3.05) is 0 Å². The van der Waals surface area contributed by atoms with Crippen LogP contribution in [0.3, 0.4) is 0 Å². The Hall–Kier alpha value is -1.96. The van der Waals surface area contributed by atoms with Crippen LogP contribution in [0.15, 0.2) is 30.3 Å². The fraction of sp³-hybridized carbons (Fsp3) is 0.235. The maximum atomic E-state index is 14.2. The molecule has 0 heterocycles. The average Bonchev–Trinajstić information content (AvgIpc) is 2.69. The summed E-state index contributed by atoms with van der Waals surface area (Å²) < 4.78 is 14.2. The highest BCUT2D eigenvalue weighted by atomic mass is 19.1. The van der Waals surface area contributed by atoms with Crippen molar-refractivity contribution in [2.45, 2.75) is 26.7 Å². The lowest BCUT2D eigenvalue weighted by molar-refractivity contribution is 0.0994. The zero-order valence-electron chi connectivity index (χ0n) is 11.1. The van der Waals surface area contributed by atoms with Crippen LogP contribution in [0, 0.1) is 19.7 Å². The van der Waals surface area contributed by atoms with E-state index in [4.69, 9.17) is 0 Å². The van der Waals surface area contributed by atoms with Crippen LogP contribution in [0.2, 0.25) is 0 Å². The maximum absolute atomic E-state index is 14.2. The van der Waals surface area contributed by atoms with Crippen LogP contribution in [0.25, 0.3) is 11.1 Å². The van der Waals surface area contributed by atoms with Gasteiger partial charge in [0.1, 0.15) is 5.82 Å². The summed E-state index contributed by atoms with van der Waals surface area (Å²) in [7, 11) is 0. The molecule has 0 unspecified atom stereocenters. The minimum atomic E-state index is -0.193. The van der Waals surface area contributed by atoms with E-state index in [2.05, 4.69) is 0 Å². The molecule has 1 aliphatic rings. The van der Waals surface area contributed by atoms with E-state index in [1.807, 2.05) is 38.1 Å². The molecule has 1 nitrogen and oxygen atoms in total. The van der Waals surface area contributed by atoms with Crippen LogP contribution in [-0.2, 0) is 6.42 Å². The molecule has 0 atom stereocenters. The zero-order chi connectivity index (χ0) is 13.6. The first-order chi connectivity index (χ1) is 9.06. The second-order valence-corrected chi connectivity index (χ2v) is 5.23. The number of ketones is 1. The van der Waals surface area contributed by atoms with Crippen molar-refractivity contribution in [1.82, 2.24) is 0 Å². The predicted molar refractivity (Wildman–Crippen MR) is 74.0 cm³/mol. The highest BCUT2D eigenvalue weighted by Gasteiger charge is 2.20. The number of hydrogen-bond donors (Lipinski definition) is 0. The third-order valence-electron chi connectivity index (χ3n) is 3.75. The highest BCUT2D eigenvalue weighted by Crippen LogP contribution is 2.32. The minimum Gasteiger partial charge on any atom is -0.294 e. The van der Waals surface area contributed by atoms with Gasteiger partial charge in [-0.05, 0) is 48.6 Å². The summed E-state index contributed by atoms with van der Waals surface area (Å²) in [5.74, 6) is 0.00410. The molecule has 1 aliphatic carbocycles. The van der Waals surface area contributed by atoms with E-state index in [0.717, 1.165) is 34.2 Å². The van der Waals surface area contributed by atoms with E-state index in [9.17, 15) is 9.18 Å². The van der Waals surface area contributed by atoms with Crippen molar-refractivity contribution in [1.29, 1.82) is 0 Å². The number of aryl methyl sites for hydroxylation is 3. The van der Waals surface area contributed by atoms with Crippen molar-refractivity contribution in [3.8, 4) is 11.1 Å². The predicted octanol–water partition coefficient (Wildman–Crippen LogP) is 4.24. The molecule has 0 bridgehead atoms. The van der Waals surface area contributed by atoms with E-state index in [1.54, 1.807) is 6.07 Å². The Morgan fingerprint density at radius 1 is 1.05 bits per heavy atom. The Morgan fingerprint density at radius 2 is 1.84 bits per heavy atom. The second kappa shape index (κ2) is 4.30. The highest BCUT2D eigenvalue weighted by molar-refractivity contribution is 6.01. The van der Waals surface area contributed by atoms with Crippen molar-refractivity contribution < 1.29 is 9.18 Å². The lowest BCUT2D eigenvalue weighted by Crippen LogP contribution is -1.94. The normalized spacial score (nSPS) is 13.7. The SMILES string of the molecule is Cc1cc(C)c(-c2ccc3c(c2)CCC3=O)c(F)c1. The standard InChI is InChI=1S/C17H15FO/c1-10-7-11(2)17(15(18)8-10)13-3-5-14-12(9-13)4-6-16(14)19/h3,5,7-9H,4,6H2,1-2H3. The molecular formula is C17H15FO. The van der Waals surface area contributed by atoms with Crippen LogP contribution in [0.5, 0.6) is 0 Å². The number of hydrogen-bond acceptors (Lipinski definition) is 1. The Labute approximate surface area is 112 Å². The molecule has 0 saturated heterocycles. The van der Waals surface area contributed by atoms with Gasteiger partial charge >= 0.3 is 0 Å². The number of carbonyl (C=O) groups excluding carboxylic acids is 1. The minimum absolute atomic E-state index is 0.193. The monoisotopic (exact) mass is 254 g/mol. The van der Waals surface area contributed by atoms with Gasteiger partial charge in [-0.3, -0.25) is 4.79 Å². The largest absolute Gasteiger partial charge is 0.294 e. The number of fused-ring (bicyclic) bond motifs is 1. The smallest absolute Gasteiger partial charge is 0.163 e. The third kappa shape index (κ3) is 1.97. The van der Waals surface area contributed by atoms with Gasteiger partial charge in [-0.25, -0.2) is 4.39 Å². The van der Waals surface area contributed by atoms with E-state index < -0.39 is 0 Å². The molecule has 0 aliphatic heterocycles. The summed E-state index contributed by atoms with van der Waals surface area (Å²) in [4.78, 5) is 11.6.